The second-order valence-corrected chi connectivity index (χ2v) is 7.38. The number of sulfonamides is 1. The lowest BCUT2D eigenvalue weighted by Crippen LogP contribution is -2.12. The molecule has 0 aliphatic heterocycles. The average molecular weight is 376 g/mol. The smallest absolute Gasteiger partial charge is 0.337 e. The van der Waals surface area contributed by atoms with Crippen molar-refractivity contribution in [3.8, 4) is 0 Å². The third-order valence-electron chi connectivity index (χ3n) is 2.36. The van der Waals surface area contributed by atoms with Gasteiger partial charge in [-0.2, -0.15) is 0 Å². The number of carbonyl (C=O) groups is 1. The first kappa shape index (κ1) is 15.0. The van der Waals surface area contributed by atoms with E-state index < -0.39 is 16.0 Å². The summed E-state index contributed by atoms with van der Waals surface area (Å²) in [6, 6.07) is 7.76. The molecule has 8 heteroatoms. The van der Waals surface area contributed by atoms with E-state index in [1.165, 1.54) is 13.2 Å². The largest absolute Gasteiger partial charge is 0.465 e. The molecule has 0 saturated carbocycles. The van der Waals surface area contributed by atoms with Crippen molar-refractivity contribution in [3.63, 3.8) is 0 Å². The number of methoxy groups -OCH3 is 1. The molecule has 0 radical (unpaired) electrons. The summed E-state index contributed by atoms with van der Waals surface area (Å²) in [7, 11) is -2.41. The number of thiophene rings is 1. The standard InChI is InChI=1S/C12H10BrNO4S2/c1-18-11(15)8-3-2-4-9(7-8)14-20(16,17)12-10(13)5-6-19-12/h2-7,14H,1H3. The number of halogens is 1. The Morgan fingerprint density at radius 1 is 1.35 bits per heavy atom. The molecule has 20 heavy (non-hydrogen) atoms. The molecule has 0 saturated heterocycles. The van der Waals surface area contributed by atoms with E-state index in [0.29, 0.717) is 10.2 Å². The van der Waals surface area contributed by atoms with E-state index in [2.05, 4.69) is 25.4 Å². The van der Waals surface area contributed by atoms with Crippen LogP contribution in [0, 0.1) is 0 Å². The molecule has 0 spiro atoms. The van der Waals surface area contributed by atoms with E-state index in [9.17, 15) is 13.2 Å². The topological polar surface area (TPSA) is 72.5 Å². The van der Waals surface area contributed by atoms with Crippen LogP contribution >= 0.6 is 27.3 Å². The highest BCUT2D eigenvalue weighted by Gasteiger charge is 2.19. The predicted octanol–water partition coefficient (Wildman–Crippen LogP) is 3.10. The van der Waals surface area contributed by atoms with E-state index in [-0.39, 0.29) is 9.77 Å². The molecule has 1 aromatic carbocycles. The molecule has 5 nitrogen and oxygen atoms in total. The molecule has 0 bridgehead atoms. The SMILES string of the molecule is COC(=O)c1cccc(NS(=O)(=O)c2sccc2Br)c1. The van der Waals surface area contributed by atoms with Crippen LogP contribution in [0.1, 0.15) is 10.4 Å². The number of carbonyl (C=O) groups excluding carboxylic acids is 1. The molecule has 0 atom stereocenters. The normalized spacial score (nSPS) is 11.1. The van der Waals surface area contributed by atoms with Crippen molar-refractivity contribution in [1.82, 2.24) is 0 Å². The summed E-state index contributed by atoms with van der Waals surface area (Å²) in [5.74, 6) is -0.525. The monoisotopic (exact) mass is 375 g/mol. The van der Waals surface area contributed by atoms with Crippen molar-refractivity contribution in [3.05, 3.63) is 45.7 Å². The number of rotatable bonds is 4. The van der Waals surface area contributed by atoms with Crippen LogP contribution in [0.2, 0.25) is 0 Å². The maximum Gasteiger partial charge on any atom is 0.337 e. The molecule has 1 heterocycles. The van der Waals surface area contributed by atoms with Gasteiger partial charge in [-0.1, -0.05) is 6.07 Å². The molecule has 2 rings (SSSR count). The quantitative estimate of drug-likeness (QED) is 0.833. The fourth-order valence-corrected chi connectivity index (χ4v) is 4.89. The first-order valence-corrected chi connectivity index (χ1v) is 8.54. The highest BCUT2D eigenvalue weighted by Crippen LogP contribution is 2.29. The predicted molar refractivity (Wildman–Crippen MR) is 80.6 cm³/mol. The highest BCUT2D eigenvalue weighted by molar-refractivity contribution is 9.10. The van der Waals surface area contributed by atoms with Gasteiger partial charge < -0.3 is 4.74 Å². The number of hydrogen-bond donors (Lipinski definition) is 1. The summed E-state index contributed by atoms with van der Waals surface area (Å²) in [5, 5.41) is 1.67. The minimum atomic E-state index is -3.68. The maximum atomic E-state index is 12.2. The molecule has 1 aromatic heterocycles. The molecule has 0 aliphatic carbocycles. The van der Waals surface area contributed by atoms with Crippen LogP contribution in [-0.2, 0) is 14.8 Å². The first-order chi connectivity index (χ1) is 9.44. The van der Waals surface area contributed by atoms with Crippen molar-refractivity contribution in [2.24, 2.45) is 0 Å². The van der Waals surface area contributed by atoms with Crippen molar-refractivity contribution in [1.29, 1.82) is 0 Å². The Labute approximate surface area is 128 Å². The maximum absolute atomic E-state index is 12.2. The summed E-state index contributed by atoms with van der Waals surface area (Å²) in [6.07, 6.45) is 0. The second-order valence-electron chi connectivity index (χ2n) is 3.73. The molecular formula is C12H10BrNO4S2. The number of anilines is 1. The van der Waals surface area contributed by atoms with Gasteiger partial charge in [0.05, 0.1) is 12.7 Å². The molecule has 0 unspecified atom stereocenters. The van der Waals surface area contributed by atoms with E-state index in [0.717, 1.165) is 11.3 Å². The van der Waals surface area contributed by atoms with Crippen molar-refractivity contribution in [2.45, 2.75) is 4.21 Å². The van der Waals surface area contributed by atoms with Gasteiger partial charge in [-0.3, -0.25) is 4.72 Å². The Hall–Kier alpha value is -1.38. The molecule has 0 aliphatic rings. The second kappa shape index (κ2) is 5.94. The zero-order valence-electron chi connectivity index (χ0n) is 10.3. The van der Waals surface area contributed by atoms with Gasteiger partial charge in [-0.15, -0.1) is 11.3 Å². The van der Waals surface area contributed by atoms with Gasteiger partial charge in [-0.05, 0) is 45.6 Å². The Morgan fingerprint density at radius 2 is 2.10 bits per heavy atom. The molecule has 0 fully saturated rings. The first-order valence-electron chi connectivity index (χ1n) is 5.38. The lowest BCUT2D eigenvalue weighted by Gasteiger charge is -2.08. The Kier molecular flexibility index (Phi) is 4.46. The number of esters is 1. The van der Waals surface area contributed by atoms with Gasteiger partial charge in [0, 0.05) is 10.2 Å². The highest BCUT2D eigenvalue weighted by atomic mass is 79.9. The van der Waals surface area contributed by atoms with Gasteiger partial charge in [0.25, 0.3) is 10.0 Å². The van der Waals surface area contributed by atoms with E-state index in [1.54, 1.807) is 29.6 Å². The van der Waals surface area contributed by atoms with Crippen LogP contribution in [0.5, 0.6) is 0 Å². The Balaban J connectivity index is 2.31. The minimum absolute atomic E-state index is 0.181. The van der Waals surface area contributed by atoms with Crippen molar-refractivity contribution in [2.75, 3.05) is 11.8 Å². The molecule has 106 valence electrons. The Bertz CT molecular complexity index is 739. The van der Waals surface area contributed by atoms with Gasteiger partial charge in [0.2, 0.25) is 0 Å². The third-order valence-corrected chi connectivity index (χ3v) is 6.42. The zero-order valence-corrected chi connectivity index (χ0v) is 13.5. The molecular weight excluding hydrogens is 366 g/mol. The van der Waals surface area contributed by atoms with Gasteiger partial charge in [0.1, 0.15) is 0 Å². The summed E-state index contributed by atoms with van der Waals surface area (Å²) in [5.41, 5.74) is 0.575. The van der Waals surface area contributed by atoms with Crippen LogP contribution in [0.4, 0.5) is 5.69 Å². The summed E-state index contributed by atoms with van der Waals surface area (Å²) in [4.78, 5) is 11.4. The van der Waals surface area contributed by atoms with Crippen LogP contribution in [-0.4, -0.2) is 21.5 Å². The lowest BCUT2D eigenvalue weighted by atomic mass is 10.2. The summed E-state index contributed by atoms with van der Waals surface area (Å²) >= 11 is 4.28. The van der Waals surface area contributed by atoms with E-state index in [1.807, 2.05) is 0 Å². The lowest BCUT2D eigenvalue weighted by molar-refractivity contribution is 0.0601. The van der Waals surface area contributed by atoms with Crippen LogP contribution in [0.25, 0.3) is 0 Å². The van der Waals surface area contributed by atoms with Crippen molar-refractivity contribution < 1.29 is 17.9 Å². The Morgan fingerprint density at radius 3 is 2.70 bits per heavy atom. The molecule has 0 amide bonds. The summed E-state index contributed by atoms with van der Waals surface area (Å²) in [6.45, 7) is 0. The zero-order chi connectivity index (χ0) is 14.8. The van der Waals surface area contributed by atoms with Crippen molar-refractivity contribution >= 4 is 48.9 Å². The van der Waals surface area contributed by atoms with E-state index >= 15 is 0 Å². The van der Waals surface area contributed by atoms with Gasteiger partial charge >= 0.3 is 5.97 Å². The van der Waals surface area contributed by atoms with Crippen LogP contribution in [0.3, 0.4) is 0 Å². The van der Waals surface area contributed by atoms with Crippen LogP contribution in [0.15, 0.2) is 44.4 Å². The third kappa shape index (κ3) is 3.20. The van der Waals surface area contributed by atoms with E-state index in [4.69, 9.17) is 0 Å². The van der Waals surface area contributed by atoms with Gasteiger partial charge in [-0.25, -0.2) is 13.2 Å². The average Bonchev–Trinajstić information content (AvgIpc) is 2.85. The molecule has 1 N–H and O–H groups in total. The fraction of sp³-hybridized carbons (Fsp3) is 0.0833. The van der Waals surface area contributed by atoms with Crippen LogP contribution < -0.4 is 4.72 Å². The molecule has 2 aromatic rings. The minimum Gasteiger partial charge on any atom is -0.465 e. The van der Waals surface area contributed by atoms with Gasteiger partial charge in [0.15, 0.2) is 4.21 Å². The number of ether oxygens (including phenoxy) is 1. The summed E-state index contributed by atoms with van der Waals surface area (Å²) < 4.78 is 32.1. The number of benzene rings is 1. The number of nitrogens with one attached hydrogen (secondary N) is 1. The number of hydrogen-bond acceptors (Lipinski definition) is 5. The fourth-order valence-electron chi connectivity index (χ4n) is 1.50.